The Balaban J connectivity index is 2.01. The maximum Gasteiger partial charge on any atom is 0.140 e. The molecular weight excluding hydrogens is 286 g/mol. The van der Waals surface area contributed by atoms with E-state index in [0.29, 0.717) is 13.0 Å². The van der Waals surface area contributed by atoms with E-state index in [-0.39, 0.29) is 0 Å². The van der Waals surface area contributed by atoms with Crippen molar-refractivity contribution in [2.24, 2.45) is 5.73 Å². The molecule has 2 heterocycles. The molecule has 118 valence electrons. The number of aromatic nitrogens is 3. The molecule has 5 nitrogen and oxygen atoms in total. The standard InChI is InChI=1S/C18H21N5/c1-13-11-20-10-8-14(13)12-23(2)18-15-5-3-4-6-16(15)21-17(22-18)7-9-19/h3-6,8,10-11H,7,9,12,19H2,1-2H3. The molecule has 3 rings (SSSR count). The van der Waals surface area contributed by atoms with E-state index in [1.54, 1.807) is 0 Å². The maximum atomic E-state index is 5.67. The zero-order valence-electron chi connectivity index (χ0n) is 13.5. The van der Waals surface area contributed by atoms with Crippen LogP contribution in [0.1, 0.15) is 17.0 Å². The second-order valence-electron chi connectivity index (χ2n) is 5.68. The van der Waals surface area contributed by atoms with Crippen LogP contribution in [0.3, 0.4) is 0 Å². The van der Waals surface area contributed by atoms with Crippen LogP contribution in [0.25, 0.3) is 10.9 Å². The SMILES string of the molecule is Cc1cnccc1CN(C)c1nc(CCN)nc2ccccc12. The van der Waals surface area contributed by atoms with Gasteiger partial charge in [0.2, 0.25) is 0 Å². The third-order valence-corrected chi connectivity index (χ3v) is 3.90. The molecule has 0 saturated heterocycles. The molecule has 0 unspecified atom stereocenters. The van der Waals surface area contributed by atoms with E-state index in [1.807, 2.05) is 30.6 Å². The summed E-state index contributed by atoms with van der Waals surface area (Å²) in [6.45, 7) is 3.40. The Morgan fingerprint density at radius 3 is 2.74 bits per heavy atom. The summed E-state index contributed by atoms with van der Waals surface area (Å²) in [5, 5.41) is 1.06. The molecular formula is C18H21N5. The predicted octanol–water partition coefficient (Wildman–Crippen LogP) is 2.47. The van der Waals surface area contributed by atoms with Gasteiger partial charge in [0, 0.05) is 37.8 Å². The fraction of sp³-hybridized carbons (Fsp3) is 0.278. The topological polar surface area (TPSA) is 67.9 Å². The minimum absolute atomic E-state index is 0.547. The molecule has 2 N–H and O–H groups in total. The molecule has 0 fully saturated rings. The van der Waals surface area contributed by atoms with E-state index in [9.17, 15) is 0 Å². The first-order chi connectivity index (χ1) is 11.2. The van der Waals surface area contributed by atoms with E-state index < -0.39 is 0 Å². The average molecular weight is 307 g/mol. The number of para-hydroxylation sites is 1. The summed E-state index contributed by atoms with van der Waals surface area (Å²) in [6.07, 6.45) is 4.40. The van der Waals surface area contributed by atoms with Crippen molar-refractivity contribution in [3.05, 3.63) is 59.7 Å². The van der Waals surface area contributed by atoms with Gasteiger partial charge < -0.3 is 10.6 Å². The van der Waals surface area contributed by atoms with E-state index in [4.69, 9.17) is 10.7 Å². The maximum absolute atomic E-state index is 5.67. The Kier molecular flexibility index (Phi) is 4.48. The van der Waals surface area contributed by atoms with Gasteiger partial charge in [-0.1, -0.05) is 12.1 Å². The van der Waals surface area contributed by atoms with Gasteiger partial charge in [-0.25, -0.2) is 9.97 Å². The van der Waals surface area contributed by atoms with Crippen LogP contribution in [-0.2, 0) is 13.0 Å². The number of hydrogen-bond acceptors (Lipinski definition) is 5. The highest BCUT2D eigenvalue weighted by Crippen LogP contribution is 2.24. The molecule has 3 aromatic rings. The van der Waals surface area contributed by atoms with Gasteiger partial charge >= 0.3 is 0 Å². The first-order valence-electron chi connectivity index (χ1n) is 7.75. The number of pyridine rings is 1. The molecule has 0 spiro atoms. The Bertz CT molecular complexity index is 815. The lowest BCUT2D eigenvalue weighted by Gasteiger charge is -2.21. The summed E-state index contributed by atoms with van der Waals surface area (Å²) in [7, 11) is 2.06. The van der Waals surface area contributed by atoms with E-state index in [2.05, 4.69) is 41.0 Å². The van der Waals surface area contributed by atoms with E-state index in [1.165, 1.54) is 11.1 Å². The molecule has 2 aromatic heterocycles. The Labute approximate surface area is 136 Å². The van der Waals surface area contributed by atoms with Gasteiger partial charge in [-0.3, -0.25) is 4.98 Å². The number of rotatable bonds is 5. The number of fused-ring (bicyclic) bond motifs is 1. The fourth-order valence-corrected chi connectivity index (χ4v) is 2.65. The third kappa shape index (κ3) is 3.29. The van der Waals surface area contributed by atoms with Crippen LogP contribution < -0.4 is 10.6 Å². The predicted molar refractivity (Wildman–Crippen MR) is 93.4 cm³/mol. The summed E-state index contributed by atoms with van der Waals surface area (Å²) in [6, 6.07) is 10.1. The number of hydrogen-bond donors (Lipinski definition) is 1. The van der Waals surface area contributed by atoms with Gasteiger partial charge in [-0.15, -0.1) is 0 Å². The molecule has 0 aliphatic rings. The zero-order chi connectivity index (χ0) is 16.2. The van der Waals surface area contributed by atoms with E-state index in [0.717, 1.165) is 29.1 Å². The van der Waals surface area contributed by atoms with Crippen LogP contribution in [0.15, 0.2) is 42.7 Å². The molecule has 1 aromatic carbocycles. The van der Waals surface area contributed by atoms with Crippen molar-refractivity contribution in [1.29, 1.82) is 0 Å². The minimum Gasteiger partial charge on any atom is -0.355 e. The smallest absolute Gasteiger partial charge is 0.140 e. The minimum atomic E-state index is 0.547. The monoisotopic (exact) mass is 307 g/mol. The van der Waals surface area contributed by atoms with Crippen LogP contribution in [0.5, 0.6) is 0 Å². The highest BCUT2D eigenvalue weighted by Gasteiger charge is 2.12. The molecule has 0 aliphatic heterocycles. The lowest BCUT2D eigenvalue weighted by Crippen LogP contribution is -2.20. The second kappa shape index (κ2) is 6.71. The lowest BCUT2D eigenvalue weighted by molar-refractivity contribution is 0.842. The van der Waals surface area contributed by atoms with Crippen LogP contribution in [-0.4, -0.2) is 28.5 Å². The van der Waals surface area contributed by atoms with Gasteiger partial charge in [-0.2, -0.15) is 0 Å². The summed E-state index contributed by atoms with van der Waals surface area (Å²) in [5.74, 6) is 1.73. The highest BCUT2D eigenvalue weighted by molar-refractivity contribution is 5.89. The number of anilines is 1. The first-order valence-corrected chi connectivity index (χ1v) is 7.75. The Morgan fingerprint density at radius 1 is 1.13 bits per heavy atom. The summed E-state index contributed by atoms with van der Waals surface area (Å²) in [5.41, 5.74) is 9.05. The van der Waals surface area contributed by atoms with Crippen molar-refractivity contribution in [2.75, 3.05) is 18.5 Å². The highest BCUT2D eigenvalue weighted by atomic mass is 15.2. The van der Waals surface area contributed by atoms with Crippen molar-refractivity contribution < 1.29 is 0 Å². The van der Waals surface area contributed by atoms with Gasteiger partial charge in [0.1, 0.15) is 11.6 Å². The molecule has 0 bridgehead atoms. The number of nitrogens with zero attached hydrogens (tertiary/aromatic N) is 4. The van der Waals surface area contributed by atoms with Crippen LogP contribution in [0, 0.1) is 6.92 Å². The largest absolute Gasteiger partial charge is 0.355 e. The number of nitrogens with two attached hydrogens (primary N) is 1. The van der Waals surface area contributed by atoms with Crippen molar-refractivity contribution in [1.82, 2.24) is 15.0 Å². The fourth-order valence-electron chi connectivity index (χ4n) is 2.65. The Morgan fingerprint density at radius 2 is 1.96 bits per heavy atom. The first kappa shape index (κ1) is 15.4. The third-order valence-electron chi connectivity index (χ3n) is 3.90. The molecule has 5 heteroatoms. The molecule has 0 saturated carbocycles. The second-order valence-corrected chi connectivity index (χ2v) is 5.68. The van der Waals surface area contributed by atoms with Crippen molar-refractivity contribution in [3.8, 4) is 0 Å². The van der Waals surface area contributed by atoms with Gasteiger partial charge in [-0.05, 0) is 42.8 Å². The van der Waals surface area contributed by atoms with Gasteiger partial charge in [0.15, 0.2) is 0 Å². The zero-order valence-corrected chi connectivity index (χ0v) is 13.5. The van der Waals surface area contributed by atoms with Gasteiger partial charge in [0.25, 0.3) is 0 Å². The average Bonchev–Trinajstić information content (AvgIpc) is 2.56. The van der Waals surface area contributed by atoms with Crippen molar-refractivity contribution >= 4 is 16.7 Å². The lowest BCUT2D eigenvalue weighted by atomic mass is 10.1. The van der Waals surface area contributed by atoms with Crippen molar-refractivity contribution in [2.45, 2.75) is 19.9 Å². The summed E-state index contributed by atoms with van der Waals surface area (Å²) < 4.78 is 0. The summed E-state index contributed by atoms with van der Waals surface area (Å²) >= 11 is 0. The summed E-state index contributed by atoms with van der Waals surface area (Å²) in [4.78, 5) is 15.7. The van der Waals surface area contributed by atoms with Crippen LogP contribution in [0.2, 0.25) is 0 Å². The number of benzene rings is 1. The molecule has 23 heavy (non-hydrogen) atoms. The van der Waals surface area contributed by atoms with Crippen molar-refractivity contribution in [3.63, 3.8) is 0 Å². The molecule has 0 atom stereocenters. The molecule has 0 amide bonds. The Hall–Kier alpha value is -2.53. The van der Waals surface area contributed by atoms with E-state index >= 15 is 0 Å². The van der Waals surface area contributed by atoms with Crippen LogP contribution >= 0.6 is 0 Å². The normalized spacial score (nSPS) is 10.9. The van der Waals surface area contributed by atoms with Gasteiger partial charge in [0.05, 0.1) is 5.52 Å². The number of aryl methyl sites for hydroxylation is 1. The molecule has 0 radical (unpaired) electrons. The van der Waals surface area contributed by atoms with Crippen LogP contribution in [0.4, 0.5) is 5.82 Å². The molecule has 0 aliphatic carbocycles. The quantitative estimate of drug-likeness (QED) is 0.784.